The van der Waals surface area contributed by atoms with Crippen molar-refractivity contribution in [2.45, 2.75) is 512 Å². The molecule has 21 heteroatoms. The molecule has 0 aromatic rings. The standard InChI is InChI=1S/C21H30O8.C19H32O2.C16H26O3.C14H20O4.C14H26O2.C12H24O2.12CH4/c1-4-19(2,3)16(22)28-20-6-13-5-14(7-20)9-21(8-13,12-20)29-18(24)26-11-15-10-25-17(23)27-15;1-6-18(4,5)17(20)21-19(12(2)3)15-8-13-7-14(10-15)11-16(19)9-13;1-4-14(2,3)13(17)19-16-8-11-5-12(9-16)7-15(18,6-11)10-16;1-4-14(2,3)13(16)18-10-7-5-8-9(6-7)12(15)17-11(8)10;1-6-13(4,5)12(15)16-14(11(2)3)9-7-8-10-14;1-5-7-8-9-10-14-11(13)12(3,4)6-2;;;;;;;;;;;;/h13-15H,4-12H2,1-3H3;12-16H,6-11H2,1-5H3;11-12,18H,4-10H2,1-3H3;7-11H,4-6H2,1-3H3;11H,6-10H2,1-5H3;5-10H2,1-4H3;12*1H4. The topological polar surface area (TPSA) is 275 Å². The number of hydrogen-bond donors (Lipinski definition) is 1. The van der Waals surface area contributed by atoms with Gasteiger partial charge in [-0.3, -0.25) is 33.6 Å². The third kappa shape index (κ3) is 30.1. The first-order chi connectivity index (χ1) is 54.5. The van der Waals surface area contributed by atoms with Crippen LogP contribution in [0.3, 0.4) is 0 Å². The molecule has 0 aromatic carbocycles. The Labute approximate surface area is 791 Å². The fourth-order valence-corrected chi connectivity index (χ4v) is 22.7. The van der Waals surface area contributed by atoms with Gasteiger partial charge in [-0.25, -0.2) is 9.59 Å². The number of aliphatic hydroxyl groups is 1. The van der Waals surface area contributed by atoms with Crippen LogP contribution in [0.25, 0.3) is 0 Å². The minimum Gasteiger partial charge on any atom is -0.465 e. The highest BCUT2D eigenvalue weighted by Gasteiger charge is 2.66. The van der Waals surface area contributed by atoms with Crippen molar-refractivity contribution < 1.29 is 100 Å². The number of carbonyl (C=O) groups is 9. The van der Waals surface area contributed by atoms with Gasteiger partial charge in [0, 0.05) is 24.7 Å². The number of carbonyl (C=O) groups excluding carboxylic acids is 9. The van der Waals surface area contributed by atoms with Gasteiger partial charge >= 0.3 is 54.1 Å². The Bertz CT molecular complexity index is 3380. The zero-order valence-electron chi connectivity index (χ0n) is 76.8. The zero-order chi connectivity index (χ0) is 86.7. The molecular formula is C108H206O21. The lowest BCUT2D eigenvalue weighted by Crippen LogP contribution is -2.63. The maximum Gasteiger partial charge on any atom is 0.508 e. The Morgan fingerprint density at radius 1 is 0.419 bits per heavy atom. The SMILES string of the molecule is C.C.C.C.C.C.C.C.C.C.C.C.CCC(C)(C)C(=O)OC1(C(C)C)C2CC3CC(C2)CC1C3.CCC(C)(C)C(=O)OC1(C(C)C)CCCC1.CCC(C)(C)C(=O)OC12CC3CC(CC(O)(C3)C1)C2.CCC(C)(C)C(=O)OC12CC3CC(CC(OC(=O)OCC4COC(=O)O4)(C3)C1)C2.CCC(C)(C)C(=O)OC1C2CC3C(=O)OC1C3C2.CCCCCCOC(=O)C(C)(C)CC. The van der Waals surface area contributed by atoms with Gasteiger partial charge < -0.3 is 57.2 Å². The summed E-state index contributed by atoms with van der Waals surface area (Å²) in [5, 5.41) is 10.6. The second-order valence-corrected chi connectivity index (χ2v) is 43.9. The fourth-order valence-electron chi connectivity index (χ4n) is 22.7. The van der Waals surface area contributed by atoms with E-state index in [0.29, 0.717) is 85.0 Å². The minimum absolute atomic E-state index is 0. The smallest absolute Gasteiger partial charge is 0.465 e. The first-order valence-corrected chi connectivity index (χ1v) is 46.4. The number of hydrogen-bond acceptors (Lipinski definition) is 21. The lowest BCUT2D eigenvalue weighted by Gasteiger charge is -2.62. The van der Waals surface area contributed by atoms with Gasteiger partial charge in [0.2, 0.25) is 0 Å². The van der Waals surface area contributed by atoms with Crippen molar-refractivity contribution >= 4 is 54.1 Å². The number of unbranched alkanes of at least 4 members (excludes halogenated alkanes) is 3. The lowest BCUT2D eigenvalue weighted by molar-refractivity contribution is -0.231. The number of esters is 7. The molecule has 1 N–H and O–H groups in total. The molecule has 0 spiro atoms. The Morgan fingerprint density at radius 2 is 0.806 bits per heavy atom. The zero-order valence-corrected chi connectivity index (χ0v) is 76.8. The van der Waals surface area contributed by atoms with Crippen LogP contribution in [0.4, 0.5) is 9.59 Å². The largest absolute Gasteiger partial charge is 0.508 e. The van der Waals surface area contributed by atoms with Crippen molar-refractivity contribution in [3.8, 4) is 0 Å². The number of ether oxygens (including phenoxy) is 11. The van der Waals surface area contributed by atoms with Gasteiger partial charge in [0.15, 0.2) is 6.10 Å². The van der Waals surface area contributed by atoms with E-state index in [1.807, 2.05) is 118 Å². The molecule has 2 heterocycles. The molecule has 15 aliphatic carbocycles. The van der Waals surface area contributed by atoms with Crippen molar-refractivity contribution in [3.63, 3.8) is 0 Å². The Morgan fingerprint density at radius 3 is 1.20 bits per heavy atom. The molecule has 21 nitrogen and oxygen atoms in total. The molecule has 2 aliphatic heterocycles. The van der Waals surface area contributed by atoms with Crippen molar-refractivity contribution in [1.82, 2.24) is 0 Å². The molecule has 129 heavy (non-hydrogen) atoms. The molecule has 17 fully saturated rings. The van der Waals surface area contributed by atoms with Crippen LogP contribution in [-0.4, -0.2) is 131 Å². The van der Waals surface area contributed by atoms with Gasteiger partial charge in [0.25, 0.3) is 0 Å². The van der Waals surface area contributed by atoms with E-state index in [0.717, 1.165) is 140 Å². The number of cyclic esters (lactones) is 2. The van der Waals surface area contributed by atoms with Crippen LogP contribution in [-0.2, 0) is 85.7 Å². The van der Waals surface area contributed by atoms with Gasteiger partial charge in [-0.05, 0) is 322 Å². The minimum atomic E-state index is -0.773. The highest BCUT2D eigenvalue weighted by atomic mass is 16.8. The monoisotopic (exact) mass is 1840 g/mol. The van der Waals surface area contributed by atoms with Crippen LogP contribution < -0.4 is 0 Å². The van der Waals surface area contributed by atoms with Crippen LogP contribution in [0.2, 0.25) is 0 Å². The first kappa shape index (κ1) is 130. The third-order valence-electron chi connectivity index (χ3n) is 31.8. The number of fused-ring (bicyclic) bond motifs is 1. The van der Waals surface area contributed by atoms with E-state index in [2.05, 4.69) is 46.3 Å². The molecule has 0 amide bonds. The summed E-state index contributed by atoms with van der Waals surface area (Å²) >= 11 is 0. The lowest BCUT2D eigenvalue weighted by atomic mass is 9.47. The molecule has 15 saturated carbocycles. The second-order valence-electron chi connectivity index (χ2n) is 43.9. The molecule has 10 unspecified atom stereocenters. The summed E-state index contributed by atoms with van der Waals surface area (Å²) in [6, 6.07) is 0. The first-order valence-electron chi connectivity index (χ1n) is 46.4. The van der Waals surface area contributed by atoms with Crippen LogP contribution >= 0.6 is 0 Å². The summed E-state index contributed by atoms with van der Waals surface area (Å²) < 4.78 is 61.1. The maximum absolute atomic E-state index is 12.8. The average Bonchev–Trinajstić information content (AvgIpc) is 1.71. The molecule has 2 saturated heterocycles. The predicted octanol–water partition coefficient (Wildman–Crippen LogP) is 28.6. The molecule has 10 atom stereocenters. The molecule has 17 rings (SSSR count). The predicted molar refractivity (Wildman–Crippen MR) is 526 cm³/mol. The van der Waals surface area contributed by atoms with Crippen LogP contribution in [0.5, 0.6) is 0 Å². The summed E-state index contributed by atoms with van der Waals surface area (Å²) in [5.41, 5.74) is -4.87. The summed E-state index contributed by atoms with van der Waals surface area (Å²) in [6.45, 7) is 47.1. The van der Waals surface area contributed by atoms with E-state index in [4.69, 9.17) is 47.4 Å². The van der Waals surface area contributed by atoms with Gasteiger partial charge in [0.05, 0.1) is 50.6 Å². The second kappa shape index (κ2) is 51.1. The van der Waals surface area contributed by atoms with Crippen LogP contribution in [0.15, 0.2) is 0 Å². The van der Waals surface area contributed by atoms with Crippen molar-refractivity contribution in [2.75, 3.05) is 19.8 Å². The van der Waals surface area contributed by atoms with E-state index in [1.165, 1.54) is 64.2 Å². The maximum atomic E-state index is 12.8. The Kier molecular flexibility index (Phi) is 51.5. The molecule has 764 valence electrons. The highest BCUT2D eigenvalue weighted by molar-refractivity contribution is 5.80. The van der Waals surface area contributed by atoms with E-state index < -0.39 is 51.5 Å². The Balaban J connectivity index is -0.000000724. The van der Waals surface area contributed by atoms with E-state index in [-0.39, 0.29) is 195 Å². The molecule has 14 bridgehead atoms. The third-order valence-corrected chi connectivity index (χ3v) is 31.8. The quantitative estimate of drug-likeness (QED) is 0.0454. The van der Waals surface area contributed by atoms with Crippen molar-refractivity contribution in [2.24, 2.45) is 109 Å². The summed E-state index contributed by atoms with van der Waals surface area (Å²) in [4.78, 5) is 109. The fraction of sp³-hybridized carbons (Fsp3) is 0.917. The van der Waals surface area contributed by atoms with E-state index in [1.54, 1.807) is 0 Å². The summed E-state index contributed by atoms with van der Waals surface area (Å²) in [6.07, 6.45) is 30.3. The average molecular weight is 1840 g/mol. The van der Waals surface area contributed by atoms with Crippen LogP contribution in [0, 0.1) is 109 Å². The van der Waals surface area contributed by atoms with Gasteiger partial charge in [-0.2, -0.15) is 0 Å². The molecular weight excluding hydrogens is 1630 g/mol. The van der Waals surface area contributed by atoms with Gasteiger partial charge in [-0.15, -0.1) is 0 Å². The van der Waals surface area contributed by atoms with Crippen molar-refractivity contribution in [3.05, 3.63) is 0 Å². The number of rotatable bonds is 27. The van der Waals surface area contributed by atoms with Gasteiger partial charge in [-0.1, -0.05) is 185 Å². The Hall–Kier alpha value is -5.21. The van der Waals surface area contributed by atoms with Gasteiger partial charge in [0.1, 0.15) is 53.4 Å². The van der Waals surface area contributed by atoms with Crippen LogP contribution in [0.1, 0.15) is 460 Å². The summed E-state index contributed by atoms with van der Waals surface area (Å²) in [7, 11) is 0. The molecule has 0 radical (unpaired) electrons. The van der Waals surface area contributed by atoms with E-state index >= 15 is 0 Å². The van der Waals surface area contributed by atoms with E-state index in [9.17, 15) is 48.3 Å². The normalized spacial score (nSPS) is 31.2. The highest BCUT2D eigenvalue weighted by Crippen LogP contribution is 2.65. The van der Waals surface area contributed by atoms with Crippen molar-refractivity contribution in [1.29, 1.82) is 0 Å². The molecule has 0 aromatic heterocycles. The summed E-state index contributed by atoms with van der Waals surface area (Å²) in [5.74, 6) is 5.94. The molecule has 17 aliphatic rings.